The van der Waals surface area contributed by atoms with Gasteiger partial charge in [0, 0.05) is 34.4 Å². The van der Waals surface area contributed by atoms with E-state index in [0.29, 0.717) is 43.3 Å². The van der Waals surface area contributed by atoms with Crippen molar-refractivity contribution in [3.05, 3.63) is 99.2 Å². The molecule has 0 bridgehead atoms. The lowest BCUT2D eigenvalue weighted by Gasteiger charge is -2.08. The van der Waals surface area contributed by atoms with Crippen molar-refractivity contribution >= 4 is 46.1 Å². The standard InChI is InChI=1S/C24H19ClN4O3S/c1-15-22(33-21(27-15)14-32-20-7-5-17(25)6-8-20)24(31)29-19-4-2-3-16(13-19)23(30)28-18-9-11-26-12-10-18/h2-13H,14H2,1H3,(H,29,31)(H,26,28,30). The van der Waals surface area contributed by atoms with E-state index in [1.54, 1.807) is 80.0 Å². The highest BCUT2D eigenvalue weighted by molar-refractivity contribution is 7.13. The number of nitrogens with zero attached hydrogens (tertiary/aromatic N) is 2. The van der Waals surface area contributed by atoms with Gasteiger partial charge < -0.3 is 15.4 Å². The zero-order valence-corrected chi connectivity index (χ0v) is 19.1. The van der Waals surface area contributed by atoms with Gasteiger partial charge in [0.1, 0.15) is 22.2 Å². The number of aromatic nitrogens is 2. The number of hydrogen-bond acceptors (Lipinski definition) is 6. The Balaban J connectivity index is 1.40. The fourth-order valence-corrected chi connectivity index (χ4v) is 3.96. The van der Waals surface area contributed by atoms with Crippen LogP contribution in [0.2, 0.25) is 5.02 Å². The van der Waals surface area contributed by atoms with Crippen LogP contribution in [-0.4, -0.2) is 21.8 Å². The Morgan fingerprint density at radius 1 is 0.970 bits per heavy atom. The lowest BCUT2D eigenvalue weighted by atomic mass is 10.2. The van der Waals surface area contributed by atoms with Crippen LogP contribution < -0.4 is 15.4 Å². The zero-order chi connectivity index (χ0) is 23.2. The number of halogens is 1. The van der Waals surface area contributed by atoms with Crippen molar-refractivity contribution in [1.29, 1.82) is 0 Å². The van der Waals surface area contributed by atoms with Crippen LogP contribution in [0.25, 0.3) is 0 Å². The van der Waals surface area contributed by atoms with Gasteiger partial charge in [0.15, 0.2) is 0 Å². The summed E-state index contributed by atoms with van der Waals surface area (Å²) in [5.74, 6) is 0.0856. The fourth-order valence-electron chi connectivity index (χ4n) is 2.97. The van der Waals surface area contributed by atoms with Crippen LogP contribution in [0.3, 0.4) is 0 Å². The molecule has 0 aliphatic rings. The summed E-state index contributed by atoms with van der Waals surface area (Å²) in [5, 5.41) is 6.94. The molecule has 7 nitrogen and oxygen atoms in total. The number of carbonyl (C=O) groups is 2. The molecule has 2 amide bonds. The summed E-state index contributed by atoms with van der Waals surface area (Å²) >= 11 is 7.15. The van der Waals surface area contributed by atoms with Gasteiger partial charge in [0.2, 0.25) is 0 Å². The molecule has 0 unspecified atom stereocenters. The van der Waals surface area contributed by atoms with Gasteiger partial charge in [0.25, 0.3) is 11.8 Å². The molecule has 0 atom stereocenters. The number of benzene rings is 2. The Kier molecular flexibility index (Phi) is 6.97. The molecule has 33 heavy (non-hydrogen) atoms. The maximum atomic E-state index is 12.8. The summed E-state index contributed by atoms with van der Waals surface area (Å²) in [5.41, 5.74) is 2.17. The molecule has 0 spiro atoms. The molecule has 166 valence electrons. The molecule has 2 N–H and O–H groups in total. The van der Waals surface area contributed by atoms with E-state index in [-0.39, 0.29) is 18.4 Å². The van der Waals surface area contributed by atoms with E-state index in [1.165, 1.54) is 11.3 Å². The molecule has 2 heterocycles. The van der Waals surface area contributed by atoms with Crippen LogP contribution >= 0.6 is 22.9 Å². The number of aryl methyl sites for hydroxylation is 1. The van der Waals surface area contributed by atoms with Gasteiger partial charge in [-0.25, -0.2) is 4.98 Å². The maximum absolute atomic E-state index is 12.8. The smallest absolute Gasteiger partial charge is 0.267 e. The molecule has 9 heteroatoms. The van der Waals surface area contributed by atoms with E-state index in [4.69, 9.17) is 16.3 Å². The first-order valence-corrected chi connectivity index (χ1v) is 11.1. The summed E-state index contributed by atoms with van der Waals surface area (Å²) in [6.07, 6.45) is 3.19. The third kappa shape index (κ3) is 5.94. The summed E-state index contributed by atoms with van der Waals surface area (Å²) in [7, 11) is 0. The minimum Gasteiger partial charge on any atom is -0.486 e. The van der Waals surface area contributed by atoms with E-state index < -0.39 is 0 Å². The Morgan fingerprint density at radius 2 is 1.70 bits per heavy atom. The fraction of sp³-hybridized carbons (Fsp3) is 0.0833. The molecule has 4 aromatic rings. The molecular formula is C24H19ClN4O3S. The van der Waals surface area contributed by atoms with Crippen molar-refractivity contribution in [3.63, 3.8) is 0 Å². The molecule has 0 fully saturated rings. The number of thiazole rings is 1. The van der Waals surface area contributed by atoms with Gasteiger partial charge in [0.05, 0.1) is 5.69 Å². The number of ether oxygens (including phenoxy) is 1. The lowest BCUT2D eigenvalue weighted by Crippen LogP contribution is -2.14. The Morgan fingerprint density at radius 3 is 2.45 bits per heavy atom. The number of rotatable bonds is 7. The summed E-state index contributed by atoms with van der Waals surface area (Å²) < 4.78 is 5.71. The number of hydrogen-bond donors (Lipinski definition) is 2. The normalized spacial score (nSPS) is 10.5. The average Bonchev–Trinajstić information content (AvgIpc) is 3.20. The highest BCUT2D eigenvalue weighted by atomic mass is 35.5. The molecule has 0 aliphatic carbocycles. The monoisotopic (exact) mass is 478 g/mol. The minimum atomic E-state index is -0.297. The van der Waals surface area contributed by atoms with E-state index in [9.17, 15) is 9.59 Å². The van der Waals surface area contributed by atoms with E-state index in [1.807, 2.05) is 0 Å². The number of pyridine rings is 1. The second-order valence-electron chi connectivity index (χ2n) is 6.99. The van der Waals surface area contributed by atoms with Gasteiger partial charge in [-0.15, -0.1) is 11.3 Å². The quantitative estimate of drug-likeness (QED) is 0.361. The first-order chi connectivity index (χ1) is 16.0. The topological polar surface area (TPSA) is 93.2 Å². The van der Waals surface area contributed by atoms with Crippen molar-refractivity contribution in [2.45, 2.75) is 13.5 Å². The molecular weight excluding hydrogens is 460 g/mol. The second-order valence-corrected chi connectivity index (χ2v) is 8.51. The van der Waals surface area contributed by atoms with E-state index >= 15 is 0 Å². The number of anilines is 2. The summed E-state index contributed by atoms with van der Waals surface area (Å²) in [6, 6.07) is 17.2. The van der Waals surface area contributed by atoms with Gasteiger partial charge in [-0.2, -0.15) is 0 Å². The van der Waals surface area contributed by atoms with Crippen molar-refractivity contribution in [3.8, 4) is 5.75 Å². The summed E-state index contributed by atoms with van der Waals surface area (Å²) in [4.78, 5) is 34.2. The molecule has 0 radical (unpaired) electrons. The van der Waals surface area contributed by atoms with Gasteiger partial charge in [-0.1, -0.05) is 17.7 Å². The van der Waals surface area contributed by atoms with Gasteiger partial charge >= 0.3 is 0 Å². The van der Waals surface area contributed by atoms with Crippen molar-refractivity contribution in [2.75, 3.05) is 10.6 Å². The number of carbonyl (C=O) groups excluding carboxylic acids is 2. The second kappa shape index (κ2) is 10.2. The molecule has 0 aliphatic heterocycles. The van der Waals surface area contributed by atoms with E-state index in [0.717, 1.165) is 0 Å². The Hall–Kier alpha value is -3.75. The third-order valence-electron chi connectivity index (χ3n) is 4.54. The van der Waals surface area contributed by atoms with Crippen LogP contribution in [0.5, 0.6) is 5.75 Å². The third-order valence-corrected chi connectivity index (χ3v) is 5.93. The highest BCUT2D eigenvalue weighted by Gasteiger charge is 2.17. The molecule has 2 aromatic heterocycles. The van der Waals surface area contributed by atoms with Gasteiger partial charge in [-0.05, 0) is 61.5 Å². The van der Waals surface area contributed by atoms with Crippen LogP contribution in [0.4, 0.5) is 11.4 Å². The molecule has 2 aromatic carbocycles. The van der Waals surface area contributed by atoms with Crippen molar-refractivity contribution in [1.82, 2.24) is 9.97 Å². The molecule has 4 rings (SSSR count). The number of amides is 2. The van der Waals surface area contributed by atoms with E-state index in [2.05, 4.69) is 20.6 Å². The van der Waals surface area contributed by atoms with Crippen LogP contribution in [0.15, 0.2) is 73.1 Å². The summed E-state index contributed by atoms with van der Waals surface area (Å²) in [6.45, 7) is 2.01. The number of nitrogens with one attached hydrogen (secondary N) is 2. The SMILES string of the molecule is Cc1nc(COc2ccc(Cl)cc2)sc1C(=O)Nc1cccc(C(=O)Nc2ccncc2)c1. The first kappa shape index (κ1) is 22.4. The predicted octanol–water partition coefficient (Wildman–Crippen LogP) is 5.58. The maximum Gasteiger partial charge on any atom is 0.267 e. The molecule has 0 saturated carbocycles. The Labute approximate surface area is 199 Å². The lowest BCUT2D eigenvalue weighted by molar-refractivity contribution is 0.101. The van der Waals surface area contributed by atoms with Crippen molar-refractivity contribution in [2.24, 2.45) is 0 Å². The zero-order valence-electron chi connectivity index (χ0n) is 17.5. The Bertz CT molecular complexity index is 1280. The van der Waals surface area contributed by atoms with Crippen molar-refractivity contribution < 1.29 is 14.3 Å². The van der Waals surface area contributed by atoms with Crippen LogP contribution in [-0.2, 0) is 6.61 Å². The average molecular weight is 479 g/mol. The van der Waals surface area contributed by atoms with Crippen LogP contribution in [0, 0.1) is 6.92 Å². The minimum absolute atomic E-state index is 0.241. The van der Waals surface area contributed by atoms with Crippen LogP contribution in [0.1, 0.15) is 30.7 Å². The van der Waals surface area contributed by atoms with Gasteiger partial charge in [-0.3, -0.25) is 14.6 Å². The first-order valence-electron chi connectivity index (χ1n) is 9.95. The predicted molar refractivity (Wildman–Crippen MR) is 129 cm³/mol. The molecule has 0 saturated heterocycles. The highest BCUT2D eigenvalue weighted by Crippen LogP contribution is 2.23. The largest absolute Gasteiger partial charge is 0.486 e.